The highest BCUT2D eigenvalue weighted by Crippen LogP contribution is 2.14. The van der Waals surface area contributed by atoms with Crippen LogP contribution in [0.25, 0.3) is 0 Å². The molecule has 0 spiro atoms. The molecule has 0 saturated carbocycles. The molecule has 0 bridgehead atoms. The summed E-state index contributed by atoms with van der Waals surface area (Å²) in [6.07, 6.45) is 3.34. The Morgan fingerprint density at radius 3 is 2.65 bits per heavy atom. The number of anilines is 1. The van der Waals surface area contributed by atoms with E-state index in [-0.39, 0.29) is 11.2 Å². The van der Waals surface area contributed by atoms with E-state index in [0.29, 0.717) is 6.54 Å². The van der Waals surface area contributed by atoms with E-state index in [2.05, 4.69) is 24.1 Å². The Morgan fingerprint density at radius 1 is 1.47 bits per heavy atom. The van der Waals surface area contributed by atoms with Crippen molar-refractivity contribution in [1.82, 2.24) is 4.98 Å². The molecular formula is C12H20N4O. The van der Waals surface area contributed by atoms with E-state index < -0.39 is 5.91 Å². The maximum Gasteiger partial charge on any atom is 0.267 e. The van der Waals surface area contributed by atoms with Crippen molar-refractivity contribution in [2.24, 2.45) is 11.5 Å². The topological polar surface area (TPSA) is 94.0 Å². The fourth-order valence-electron chi connectivity index (χ4n) is 1.45. The van der Waals surface area contributed by atoms with E-state index in [0.717, 1.165) is 18.5 Å². The molecule has 0 saturated heterocycles. The van der Waals surface area contributed by atoms with Crippen LogP contribution in [0.5, 0.6) is 0 Å². The third-order valence-corrected chi connectivity index (χ3v) is 3.07. The summed E-state index contributed by atoms with van der Waals surface area (Å²) in [5.41, 5.74) is 12.2. The monoisotopic (exact) mass is 236 g/mol. The maximum absolute atomic E-state index is 11.0. The van der Waals surface area contributed by atoms with Crippen molar-refractivity contribution in [1.29, 1.82) is 0 Å². The predicted molar refractivity (Wildman–Crippen MR) is 68.7 cm³/mol. The Hall–Kier alpha value is -1.62. The molecule has 17 heavy (non-hydrogen) atoms. The zero-order valence-corrected chi connectivity index (χ0v) is 10.4. The Morgan fingerprint density at radius 2 is 2.12 bits per heavy atom. The van der Waals surface area contributed by atoms with Gasteiger partial charge in [0.1, 0.15) is 5.69 Å². The molecule has 0 unspecified atom stereocenters. The maximum atomic E-state index is 11.0. The molecule has 0 radical (unpaired) electrons. The third-order valence-electron chi connectivity index (χ3n) is 3.07. The van der Waals surface area contributed by atoms with Gasteiger partial charge in [-0.1, -0.05) is 13.8 Å². The van der Waals surface area contributed by atoms with E-state index in [1.54, 1.807) is 18.3 Å². The van der Waals surface area contributed by atoms with Crippen LogP contribution in [-0.4, -0.2) is 23.0 Å². The van der Waals surface area contributed by atoms with Crippen LogP contribution in [0, 0.1) is 0 Å². The highest BCUT2D eigenvalue weighted by atomic mass is 16.1. The van der Waals surface area contributed by atoms with Gasteiger partial charge < -0.3 is 16.8 Å². The minimum atomic E-state index is -0.529. The van der Waals surface area contributed by atoms with Gasteiger partial charge in [0.2, 0.25) is 0 Å². The molecule has 1 heterocycles. The van der Waals surface area contributed by atoms with Crippen LogP contribution < -0.4 is 16.8 Å². The second kappa shape index (κ2) is 5.63. The predicted octanol–water partition coefficient (Wildman–Crippen LogP) is 1.11. The molecule has 5 nitrogen and oxygen atoms in total. The fourth-order valence-corrected chi connectivity index (χ4v) is 1.45. The second-order valence-electron chi connectivity index (χ2n) is 4.22. The molecule has 94 valence electrons. The largest absolute Gasteiger partial charge is 0.383 e. The van der Waals surface area contributed by atoms with Crippen LogP contribution in [0.15, 0.2) is 18.3 Å². The van der Waals surface area contributed by atoms with E-state index in [1.807, 2.05) is 0 Å². The Bertz CT molecular complexity index is 388. The number of nitrogens with one attached hydrogen (secondary N) is 1. The highest BCUT2D eigenvalue weighted by Gasteiger charge is 2.19. The number of primary amides is 1. The van der Waals surface area contributed by atoms with Crippen LogP contribution >= 0.6 is 0 Å². The minimum absolute atomic E-state index is 0.226. The minimum Gasteiger partial charge on any atom is -0.383 e. The lowest BCUT2D eigenvalue weighted by Gasteiger charge is -2.27. The number of carbonyl (C=O) groups excluding carboxylic acids is 1. The molecule has 0 aliphatic heterocycles. The quantitative estimate of drug-likeness (QED) is 0.689. The van der Waals surface area contributed by atoms with E-state index in [4.69, 9.17) is 11.5 Å². The summed E-state index contributed by atoms with van der Waals surface area (Å²) in [6.45, 7) is 4.78. The van der Waals surface area contributed by atoms with Crippen LogP contribution in [0.4, 0.5) is 5.69 Å². The number of pyridine rings is 1. The molecule has 1 aromatic heterocycles. The van der Waals surface area contributed by atoms with Crippen molar-refractivity contribution < 1.29 is 4.79 Å². The van der Waals surface area contributed by atoms with Crippen molar-refractivity contribution in [3.63, 3.8) is 0 Å². The van der Waals surface area contributed by atoms with Crippen molar-refractivity contribution in [3.05, 3.63) is 24.0 Å². The average Bonchev–Trinajstić information content (AvgIpc) is 2.36. The second-order valence-corrected chi connectivity index (χ2v) is 4.22. The van der Waals surface area contributed by atoms with E-state index in [1.165, 1.54) is 0 Å². The van der Waals surface area contributed by atoms with Gasteiger partial charge in [0.15, 0.2) is 0 Å². The number of carbonyl (C=O) groups is 1. The van der Waals surface area contributed by atoms with Gasteiger partial charge in [0, 0.05) is 24.0 Å². The van der Waals surface area contributed by atoms with E-state index in [9.17, 15) is 4.79 Å². The molecule has 5 heteroatoms. The molecule has 0 aromatic carbocycles. The summed E-state index contributed by atoms with van der Waals surface area (Å²) < 4.78 is 0. The summed E-state index contributed by atoms with van der Waals surface area (Å²) in [6, 6.07) is 3.42. The molecule has 0 fully saturated rings. The van der Waals surface area contributed by atoms with Gasteiger partial charge in [-0.25, -0.2) is 0 Å². The van der Waals surface area contributed by atoms with Crippen LogP contribution in [0.3, 0.4) is 0 Å². The highest BCUT2D eigenvalue weighted by molar-refractivity contribution is 5.91. The third kappa shape index (κ3) is 3.71. The SMILES string of the molecule is CCC(N)(CC)CNc1ccnc(C(N)=O)c1. The Balaban J connectivity index is 2.69. The lowest BCUT2D eigenvalue weighted by Crippen LogP contribution is -2.45. The molecule has 0 aliphatic rings. The first kappa shape index (κ1) is 13.4. The molecule has 1 rings (SSSR count). The number of hydrogen-bond donors (Lipinski definition) is 3. The van der Waals surface area contributed by atoms with Crippen molar-refractivity contribution in [2.75, 3.05) is 11.9 Å². The zero-order chi connectivity index (χ0) is 12.9. The first-order chi connectivity index (χ1) is 8.00. The van der Waals surface area contributed by atoms with E-state index >= 15 is 0 Å². The molecule has 1 amide bonds. The number of rotatable bonds is 6. The van der Waals surface area contributed by atoms with Crippen molar-refractivity contribution in [2.45, 2.75) is 32.2 Å². The van der Waals surface area contributed by atoms with Gasteiger partial charge in [-0.05, 0) is 25.0 Å². The van der Waals surface area contributed by atoms with Gasteiger partial charge in [-0.2, -0.15) is 0 Å². The molecule has 1 aromatic rings. The van der Waals surface area contributed by atoms with Crippen molar-refractivity contribution in [3.8, 4) is 0 Å². The lowest BCUT2D eigenvalue weighted by atomic mass is 9.94. The zero-order valence-electron chi connectivity index (χ0n) is 10.4. The van der Waals surface area contributed by atoms with Gasteiger partial charge in [0.25, 0.3) is 5.91 Å². The van der Waals surface area contributed by atoms with Gasteiger partial charge in [0.05, 0.1) is 0 Å². The average molecular weight is 236 g/mol. The molecule has 0 atom stereocenters. The normalized spacial score (nSPS) is 11.2. The number of hydrogen-bond acceptors (Lipinski definition) is 4. The number of nitrogens with zero attached hydrogens (tertiary/aromatic N) is 1. The van der Waals surface area contributed by atoms with Crippen LogP contribution in [0.2, 0.25) is 0 Å². The lowest BCUT2D eigenvalue weighted by molar-refractivity contribution is 0.0995. The Labute approximate surface area is 102 Å². The van der Waals surface area contributed by atoms with Gasteiger partial charge >= 0.3 is 0 Å². The fraction of sp³-hybridized carbons (Fsp3) is 0.500. The summed E-state index contributed by atoms with van der Waals surface area (Å²) in [5, 5.41) is 3.21. The van der Waals surface area contributed by atoms with Crippen LogP contribution in [0.1, 0.15) is 37.2 Å². The van der Waals surface area contributed by atoms with Gasteiger partial charge in [-0.15, -0.1) is 0 Å². The number of aromatic nitrogens is 1. The summed E-state index contributed by atoms with van der Waals surface area (Å²) >= 11 is 0. The van der Waals surface area contributed by atoms with Crippen LogP contribution in [-0.2, 0) is 0 Å². The summed E-state index contributed by atoms with van der Waals surface area (Å²) in [4.78, 5) is 14.9. The van der Waals surface area contributed by atoms with Gasteiger partial charge in [-0.3, -0.25) is 9.78 Å². The van der Waals surface area contributed by atoms with Crippen molar-refractivity contribution >= 4 is 11.6 Å². The first-order valence-corrected chi connectivity index (χ1v) is 5.79. The Kier molecular flexibility index (Phi) is 4.45. The smallest absolute Gasteiger partial charge is 0.267 e. The molecule has 5 N–H and O–H groups in total. The molecular weight excluding hydrogens is 216 g/mol. The molecule has 0 aliphatic carbocycles. The summed E-state index contributed by atoms with van der Waals surface area (Å²) in [5.74, 6) is -0.529. The number of amides is 1. The standard InChI is InChI=1S/C12H20N4O/c1-3-12(14,4-2)8-16-9-5-6-15-10(7-9)11(13)17/h5-7H,3-4,8,14H2,1-2H3,(H2,13,17)(H,15,16). The number of nitrogens with two attached hydrogens (primary N) is 2. The first-order valence-electron chi connectivity index (χ1n) is 5.79. The summed E-state index contributed by atoms with van der Waals surface area (Å²) in [7, 11) is 0.